The van der Waals surface area contributed by atoms with E-state index >= 15 is 0 Å². The Morgan fingerprint density at radius 3 is 3.00 bits per heavy atom. The van der Waals surface area contributed by atoms with Crippen molar-refractivity contribution in [3.63, 3.8) is 0 Å². The molecule has 0 aliphatic rings. The molecule has 0 bridgehead atoms. The van der Waals surface area contributed by atoms with Crippen molar-refractivity contribution in [1.82, 2.24) is 15.3 Å². The highest BCUT2D eigenvalue weighted by Gasteiger charge is 2.06. The predicted molar refractivity (Wildman–Crippen MR) is 76.7 cm³/mol. The Hall–Kier alpha value is -2.30. The van der Waals surface area contributed by atoms with Crippen LogP contribution in [0.15, 0.2) is 30.6 Å². The molecule has 0 unspecified atom stereocenters. The van der Waals surface area contributed by atoms with Crippen molar-refractivity contribution in [2.75, 3.05) is 13.7 Å². The Morgan fingerprint density at radius 2 is 2.30 bits per heavy atom. The first-order valence-electron chi connectivity index (χ1n) is 6.57. The third-order valence-corrected chi connectivity index (χ3v) is 3.08. The standard InChI is InChI=1S/C15H19N3O2/c1-11-3-4-12(9-13(11)20-2)10-15(19)18-6-5-14-16-7-8-17-14/h3-4,7-9H,5-6,10H2,1-2H3,(H,16,17)(H,18,19). The largest absolute Gasteiger partial charge is 0.496 e. The van der Waals surface area contributed by atoms with Crippen LogP contribution in [0.3, 0.4) is 0 Å². The van der Waals surface area contributed by atoms with E-state index in [-0.39, 0.29) is 5.91 Å². The van der Waals surface area contributed by atoms with Crippen LogP contribution in [0, 0.1) is 6.92 Å². The molecule has 0 saturated carbocycles. The average Bonchev–Trinajstić information content (AvgIpc) is 2.94. The SMILES string of the molecule is COc1cc(CC(=O)NCCc2ncc[nH]2)ccc1C. The van der Waals surface area contributed by atoms with Gasteiger partial charge in [-0.25, -0.2) is 4.98 Å². The van der Waals surface area contributed by atoms with Gasteiger partial charge in [0.15, 0.2) is 0 Å². The van der Waals surface area contributed by atoms with E-state index in [4.69, 9.17) is 4.74 Å². The number of imidazole rings is 1. The van der Waals surface area contributed by atoms with Gasteiger partial charge in [0.05, 0.1) is 13.5 Å². The number of aromatic amines is 1. The number of carbonyl (C=O) groups excluding carboxylic acids is 1. The molecule has 0 aliphatic carbocycles. The van der Waals surface area contributed by atoms with Crippen LogP contribution < -0.4 is 10.1 Å². The van der Waals surface area contributed by atoms with E-state index < -0.39 is 0 Å². The maximum Gasteiger partial charge on any atom is 0.224 e. The lowest BCUT2D eigenvalue weighted by atomic mass is 10.1. The molecule has 106 valence electrons. The molecular formula is C15H19N3O2. The van der Waals surface area contributed by atoms with Crippen molar-refractivity contribution in [3.8, 4) is 5.75 Å². The molecule has 2 rings (SSSR count). The molecule has 1 aromatic carbocycles. The molecular weight excluding hydrogens is 254 g/mol. The third-order valence-electron chi connectivity index (χ3n) is 3.08. The minimum Gasteiger partial charge on any atom is -0.496 e. The van der Waals surface area contributed by atoms with Gasteiger partial charge in [0, 0.05) is 25.4 Å². The summed E-state index contributed by atoms with van der Waals surface area (Å²) in [7, 11) is 1.63. The molecule has 1 aromatic heterocycles. The van der Waals surface area contributed by atoms with Gasteiger partial charge in [-0.15, -0.1) is 0 Å². The lowest BCUT2D eigenvalue weighted by Crippen LogP contribution is -2.27. The number of H-pyrrole nitrogens is 1. The maximum absolute atomic E-state index is 11.8. The zero-order chi connectivity index (χ0) is 14.4. The number of ether oxygens (including phenoxy) is 1. The fourth-order valence-corrected chi connectivity index (χ4v) is 1.98. The Morgan fingerprint density at radius 1 is 1.45 bits per heavy atom. The van der Waals surface area contributed by atoms with Gasteiger partial charge in [-0.3, -0.25) is 4.79 Å². The van der Waals surface area contributed by atoms with Crippen molar-refractivity contribution < 1.29 is 9.53 Å². The average molecular weight is 273 g/mol. The highest BCUT2D eigenvalue weighted by Crippen LogP contribution is 2.19. The topological polar surface area (TPSA) is 67.0 Å². The second kappa shape index (κ2) is 6.75. The summed E-state index contributed by atoms with van der Waals surface area (Å²) in [5, 5.41) is 2.88. The number of hydrogen-bond acceptors (Lipinski definition) is 3. The summed E-state index contributed by atoms with van der Waals surface area (Å²) in [4.78, 5) is 19.0. The number of hydrogen-bond donors (Lipinski definition) is 2. The van der Waals surface area contributed by atoms with Gasteiger partial charge in [-0.2, -0.15) is 0 Å². The van der Waals surface area contributed by atoms with Gasteiger partial charge in [-0.05, 0) is 24.1 Å². The highest BCUT2D eigenvalue weighted by molar-refractivity contribution is 5.78. The molecule has 0 fully saturated rings. The van der Waals surface area contributed by atoms with E-state index in [1.165, 1.54) is 0 Å². The summed E-state index contributed by atoms with van der Waals surface area (Å²) in [6.07, 6.45) is 4.54. The summed E-state index contributed by atoms with van der Waals surface area (Å²) in [5.41, 5.74) is 2.01. The van der Waals surface area contributed by atoms with E-state index in [0.29, 0.717) is 19.4 Å². The molecule has 0 radical (unpaired) electrons. The molecule has 0 saturated heterocycles. The molecule has 1 heterocycles. The van der Waals surface area contributed by atoms with Crippen LogP contribution in [-0.4, -0.2) is 29.5 Å². The monoisotopic (exact) mass is 273 g/mol. The van der Waals surface area contributed by atoms with Gasteiger partial charge in [0.25, 0.3) is 0 Å². The first kappa shape index (κ1) is 14.1. The number of methoxy groups -OCH3 is 1. The first-order chi connectivity index (χ1) is 9.69. The second-order valence-electron chi connectivity index (χ2n) is 4.62. The predicted octanol–water partition coefficient (Wildman–Crippen LogP) is 1.63. The molecule has 2 N–H and O–H groups in total. The van der Waals surface area contributed by atoms with Crippen LogP contribution in [0.1, 0.15) is 17.0 Å². The van der Waals surface area contributed by atoms with Gasteiger partial charge >= 0.3 is 0 Å². The number of benzene rings is 1. The van der Waals surface area contributed by atoms with Crippen LogP contribution in [0.5, 0.6) is 5.75 Å². The summed E-state index contributed by atoms with van der Waals surface area (Å²) in [6, 6.07) is 5.82. The zero-order valence-corrected chi connectivity index (χ0v) is 11.8. The minimum atomic E-state index is 0.00228. The molecule has 0 spiro atoms. The van der Waals surface area contributed by atoms with Gasteiger partial charge < -0.3 is 15.0 Å². The number of nitrogens with one attached hydrogen (secondary N) is 2. The Kier molecular flexibility index (Phi) is 4.76. The lowest BCUT2D eigenvalue weighted by Gasteiger charge is -2.08. The lowest BCUT2D eigenvalue weighted by molar-refractivity contribution is -0.120. The molecule has 20 heavy (non-hydrogen) atoms. The Labute approximate surface area is 118 Å². The minimum absolute atomic E-state index is 0.00228. The van der Waals surface area contributed by atoms with E-state index in [9.17, 15) is 4.79 Å². The summed E-state index contributed by atoms with van der Waals surface area (Å²) < 4.78 is 5.25. The number of aromatic nitrogens is 2. The van der Waals surface area contributed by atoms with E-state index in [1.54, 1.807) is 19.5 Å². The van der Waals surface area contributed by atoms with Crippen LogP contribution in [0.2, 0.25) is 0 Å². The van der Waals surface area contributed by atoms with Crippen molar-refractivity contribution in [3.05, 3.63) is 47.5 Å². The van der Waals surface area contributed by atoms with Crippen molar-refractivity contribution >= 4 is 5.91 Å². The molecule has 5 heteroatoms. The van der Waals surface area contributed by atoms with Gasteiger partial charge in [-0.1, -0.05) is 12.1 Å². The van der Waals surface area contributed by atoms with E-state index in [1.807, 2.05) is 25.1 Å². The fourth-order valence-electron chi connectivity index (χ4n) is 1.98. The maximum atomic E-state index is 11.8. The van der Waals surface area contributed by atoms with Gasteiger partial charge in [0.1, 0.15) is 11.6 Å². The summed E-state index contributed by atoms with van der Waals surface area (Å²) in [5.74, 6) is 1.69. The number of amides is 1. The van der Waals surface area contributed by atoms with Crippen molar-refractivity contribution in [1.29, 1.82) is 0 Å². The Balaban J connectivity index is 1.82. The second-order valence-corrected chi connectivity index (χ2v) is 4.62. The molecule has 0 aliphatic heterocycles. The zero-order valence-electron chi connectivity index (χ0n) is 11.8. The first-order valence-corrected chi connectivity index (χ1v) is 6.57. The van der Waals surface area contributed by atoms with E-state index in [2.05, 4.69) is 15.3 Å². The highest BCUT2D eigenvalue weighted by atomic mass is 16.5. The van der Waals surface area contributed by atoms with Crippen LogP contribution in [0.25, 0.3) is 0 Å². The normalized spacial score (nSPS) is 10.3. The number of aryl methyl sites for hydroxylation is 1. The van der Waals surface area contributed by atoms with Gasteiger partial charge in [0.2, 0.25) is 5.91 Å². The summed E-state index contributed by atoms with van der Waals surface area (Å²) >= 11 is 0. The quantitative estimate of drug-likeness (QED) is 0.840. The molecule has 2 aromatic rings. The van der Waals surface area contributed by atoms with Crippen molar-refractivity contribution in [2.45, 2.75) is 19.8 Å². The van der Waals surface area contributed by atoms with E-state index in [0.717, 1.165) is 22.7 Å². The molecule has 1 amide bonds. The molecule has 0 atom stereocenters. The number of nitrogens with zero attached hydrogens (tertiary/aromatic N) is 1. The Bertz CT molecular complexity index is 565. The van der Waals surface area contributed by atoms with Crippen LogP contribution in [-0.2, 0) is 17.6 Å². The third kappa shape index (κ3) is 3.85. The fraction of sp³-hybridized carbons (Fsp3) is 0.333. The van der Waals surface area contributed by atoms with Crippen molar-refractivity contribution in [2.24, 2.45) is 0 Å². The smallest absolute Gasteiger partial charge is 0.224 e. The number of rotatable bonds is 6. The van der Waals surface area contributed by atoms with Crippen LogP contribution in [0.4, 0.5) is 0 Å². The summed E-state index contributed by atoms with van der Waals surface area (Å²) in [6.45, 7) is 2.56. The number of carbonyl (C=O) groups is 1. The van der Waals surface area contributed by atoms with Crippen LogP contribution >= 0.6 is 0 Å². The molecule has 5 nitrogen and oxygen atoms in total.